The van der Waals surface area contributed by atoms with E-state index in [4.69, 9.17) is 0 Å². The molecule has 0 bridgehead atoms. The Balaban J connectivity index is 1.56. The SMILES string of the molecule is O=C(NCc1ccc(OCC(F)(F)F)nc1)NC(Cc1ccccc1)c1ccccc1. The van der Waals surface area contributed by atoms with E-state index in [9.17, 15) is 18.0 Å². The smallest absolute Gasteiger partial charge is 0.422 e. The van der Waals surface area contributed by atoms with Gasteiger partial charge in [0, 0.05) is 18.8 Å². The van der Waals surface area contributed by atoms with Gasteiger partial charge in [-0.25, -0.2) is 9.78 Å². The van der Waals surface area contributed by atoms with Gasteiger partial charge in [-0.1, -0.05) is 66.7 Å². The lowest BCUT2D eigenvalue weighted by molar-refractivity contribution is -0.154. The lowest BCUT2D eigenvalue weighted by atomic mass is 9.99. The average Bonchev–Trinajstić information content (AvgIpc) is 2.77. The summed E-state index contributed by atoms with van der Waals surface area (Å²) in [5, 5.41) is 5.73. The zero-order valence-electron chi connectivity index (χ0n) is 16.6. The number of pyridine rings is 1. The third kappa shape index (κ3) is 7.65. The molecule has 31 heavy (non-hydrogen) atoms. The van der Waals surface area contributed by atoms with Gasteiger partial charge in [-0.2, -0.15) is 13.2 Å². The van der Waals surface area contributed by atoms with E-state index in [0.29, 0.717) is 12.0 Å². The van der Waals surface area contributed by atoms with E-state index < -0.39 is 12.8 Å². The highest BCUT2D eigenvalue weighted by Crippen LogP contribution is 2.19. The molecule has 1 aromatic heterocycles. The zero-order chi connectivity index (χ0) is 22.1. The minimum Gasteiger partial charge on any atom is -0.468 e. The zero-order valence-corrected chi connectivity index (χ0v) is 16.6. The predicted molar refractivity (Wildman–Crippen MR) is 110 cm³/mol. The molecule has 2 amide bonds. The first-order valence-electron chi connectivity index (χ1n) is 9.67. The Labute approximate surface area is 178 Å². The summed E-state index contributed by atoms with van der Waals surface area (Å²) in [6.45, 7) is -1.23. The Morgan fingerprint density at radius 1 is 0.935 bits per heavy atom. The molecule has 3 aromatic rings. The molecule has 0 saturated carbocycles. The van der Waals surface area contributed by atoms with Gasteiger partial charge in [0.1, 0.15) is 0 Å². The summed E-state index contributed by atoms with van der Waals surface area (Å²) in [5.74, 6) is -0.127. The second-order valence-corrected chi connectivity index (χ2v) is 6.89. The van der Waals surface area contributed by atoms with Gasteiger partial charge in [0.15, 0.2) is 6.61 Å². The van der Waals surface area contributed by atoms with Crippen molar-refractivity contribution >= 4 is 6.03 Å². The fraction of sp³-hybridized carbons (Fsp3) is 0.217. The number of carbonyl (C=O) groups is 1. The third-order valence-electron chi connectivity index (χ3n) is 4.42. The second kappa shape index (κ2) is 10.5. The van der Waals surface area contributed by atoms with Crippen molar-refractivity contribution in [3.8, 4) is 5.88 Å². The second-order valence-electron chi connectivity index (χ2n) is 6.89. The molecule has 0 aliphatic heterocycles. The van der Waals surface area contributed by atoms with Crippen molar-refractivity contribution in [1.82, 2.24) is 15.6 Å². The molecule has 8 heteroatoms. The number of rotatable bonds is 8. The molecule has 2 aromatic carbocycles. The highest BCUT2D eigenvalue weighted by molar-refractivity contribution is 5.74. The molecule has 1 heterocycles. The van der Waals surface area contributed by atoms with Crippen LogP contribution in [-0.2, 0) is 13.0 Å². The maximum Gasteiger partial charge on any atom is 0.422 e. The number of benzene rings is 2. The summed E-state index contributed by atoms with van der Waals surface area (Å²) in [4.78, 5) is 16.3. The molecule has 0 saturated heterocycles. The van der Waals surface area contributed by atoms with Crippen LogP contribution in [0.5, 0.6) is 5.88 Å². The normalized spacial score (nSPS) is 12.1. The van der Waals surface area contributed by atoms with Gasteiger partial charge in [-0.05, 0) is 23.1 Å². The quantitative estimate of drug-likeness (QED) is 0.540. The highest BCUT2D eigenvalue weighted by atomic mass is 19.4. The number of urea groups is 1. The molecule has 0 radical (unpaired) electrons. The number of hydrogen-bond donors (Lipinski definition) is 2. The van der Waals surface area contributed by atoms with Gasteiger partial charge in [0.05, 0.1) is 6.04 Å². The lowest BCUT2D eigenvalue weighted by Crippen LogP contribution is -2.38. The summed E-state index contributed by atoms with van der Waals surface area (Å²) < 4.78 is 41.1. The molecular formula is C23H22F3N3O2. The van der Waals surface area contributed by atoms with Gasteiger partial charge in [-0.3, -0.25) is 0 Å². The van der Waals surface area contributed by atoms with Gasteiger partial charge in [0.25, 0.3) is 0 Å². The topological polar surface area (TPSA) is 63.2 Å². The molecule has 1 atom stereocenters. The van der Waals surface area contributed by atoms with Gasteiger partial charge in [0.2, 0.25) is 5.88 Å². The number of nitrogens with one attached hydrogen (secondary N) is 2. The maximum atomic E-state index is 12.5. The number of nitrogens with zero attached hydrogens (tertiary/aromatic N) is 1. The van der Waals surface area contributed by atoms with Crippen LogP contribution in [0, 0.1) is 0 Å². The van der Waals surface area contributed by atoms with Crippen molar-refractivity contribution in [3.05, 3.63) is 95.7 Å². The Morgan fingerprint density at radius 3 is 2.23 bits per heavy atom. The third-order valence-corrected chi connectivity index (χ3v) is 4.42. The van der Waals surface area contributed by atoms with E-state index >= 15 is 0 Å². The molecule has 0 aliphatic rings. The number of amides is 2. The standard InChI is InChI=1S/C23H22F3N3O2/c24-23(25,26)16-31-21-12-11-18(14-27-21)15-28-22(30)29-20(19-9-5-2-6-10-19)13-17-7-3-1-4-8-17/h1-12,14,20H,13,15-16H2,(H2,28,29,30). The van der Waals surface area contributed by atoms with Crippen molar-refractivity contribution in [2.45, 2.75) is 25.2 Å². The maximum absolute atomic E-state index is 12.5. The minimum atomic E-state index is -4.42. The van der Waals surface area contributed by atoms with Gasteiger partial charge < -0.3 is 15.4 Å². The van der Waals surface area contributed by atoms with E-state index in [2.05, 4.69) is 20.4 Å². The first kappa shape index (κ1) is 22.1. The fourth-order valence-electron chi connectivity index (χ4n) is 2.94. The van der Waals surface area contributed by atoms with Crippen LogP contribution >= 0.6 is 0 Å². The first-order chi connectivity index (χ1) is 14.9. The summed E-state index contributed by atoms with van der Waals surface area (Å²) in [6.07, 6.45) is -2.43. The van der Waals surface area contributed by atoms with Crippen LogP contribution in [0.2, 0.25) is 0 Å². The number of halogens is 3. The van der Waals surface area contributed by atoms with Gasteiger partial charge >= 0.3 is 12.2 Å². The van der Waals surface area contributed by atoms with E-state index in [-0.39, 0.29) is 24.5 Å². The summed E-state index contributed by atoms with van der Waals surface area (Å²) in [6, 6.07) is 21.8. The van der Waals surface area contributed by atoms with Crippen LogP contribution < -0.4 is 15.4 Å². The largest absolute Gasteiger partial charge is 0.468 e. The van der Waals surface area contributed by atoms with Crippen molar-refractivity contribution in [2.24, 2.45) is 0 Å². The molecular weight excluding hydrogens is 407 g/mol. The summed E-state index contributed by atoms with van der Waals surface area (Å²) in [5.41, 5.74) is 2.71. The Morgan fingerprint density at radius 2 is 1.61 bits per heavy atom. The highest BCUT2D eigenvalue weighted by Gasteiger charge is 2.28. The number of alkyl halides is 3. The van der Waals surface area contributed by atoms with Crippen molar-refractivity contribution in [1.29, 1.82) is 0 Å². The molecule has 2 N–H and O–H groups in total. The monoisotopic (exact) mass is 429 g/mol. The Hall–Kier alpha value is -3.55. The summed E-state index contributed by atoms with van der Waals surface area (Å²) in [7, 11) is 0. The molecule has 0 aliphatic carbocycles. The van der Waals surface area contributed by atoms with Crippen LogP contribution in [0.1, 0.15) is 22.7 Å². The fourth-order valence-corrected chi connectivity index (χ4v) is 2.94. The molecule has 3 rings (SSSR count). The molecule has 1 unspecified atom stereocenters. The lowest BCUT2D eigenvalue weighted by Gasteiger charge is -2.20. The predicted octanol–water partition coefficient (Wildman–Crippen LogP) is 4.81. The average molecular weight is 429 g/mol. The number of aromatic nitrogens is 1. The molecule has 162 valence electrons. The minimum absolute atomic E-state index is 0.127. The summed E-state index contributed by atoms with van der Waals surface area (Å²) >= 11 is 0. The molecule has 0 spiro atoms. The number of hydrogen-bond acceptors (Lipinski definition) is 3. The van der Waals surface area contributed by atoms with Crippen LogP contribution in [0.3, 0.4) is 0 Å². The number of ether oxygens (including phenoxy) is 1. The van der Waals surface area contributed by atoms with E-state index in [1.165, 1.54) is 12.3 Å². The van der Waals surface area contributed by atoms with Crippen LogP contribution in [0.4, 0.5) is 18.0 Å². The molecule has 0 fully saturated rings. The van der Waals surface area contributed by atoms with Crippen LogP contribution in [0.15, 0.2) is 79.0 Å². The van der Waals surface area contributed by atoms with Crippen molar-refractivity contribution < 1.29 is 22.7 Å². The van der Waals surface area contributed by atoms with Crippen molar-refractivity contribution in [3.63, 3.8) is 0 Å². The van der Waals surface area contributed by atoms with Gasteiger partial charge in [-0.15, -0.1) is 0 Å². The van der Waals surface area contributed by atoms with Crippen LogP contribution in [0.25, 0.3) is 0 Å². The first-order valence-corrected chi connectivity index (χ1v) is 9.67. The Bertz CT molecular complexity index is 949. The van der Waals surface area contributed by atoms with E-state index in [0.717, 1.165) is 11.1 Å². The van der Waals surface area contributed by atoms with Crippen molar-refractivity contribution in [2.75, 3.05) is 6.61 Å². The van der Waals surface area contributed by atoms with Crippen LogP contribution in [-0.4, -0.2) is 23.8 Å². The number of carbonyl (C=O) groups excluding carboxylic acids is 1. The van der Waals surface area contributed by atoms with E-state index in [1.54, 1.807) is 6.07 Å². The molecule has 5 nitrogen and oxygen atoms in total. The van der Waals surface area contributed by atoms with E-state index in [1.807, 2.05) is 60.7 Å². The Kier molecular flexibility index (Phi) is 7.48.